The molecule has 1 aliphatic rings. The number of nitrogens with one attached hydrogen (secondary N) is 1. The molecule has 0 saturated carbocycles. The first-order valence-electron chi connectivity index (χ1n) is 10.4. The molecule has 1 aliphatic heterocycles. The second kappa shape index (κ2) is 9.68. The zero-order valence-electron chi connectivity index (χ0n) is 19.0. The largest absolute Gasteiger partial charge is 0.493 e. The van der Waals surface area contributed by atoms with E-state index in [1.165, 1.54) is 12.7 Å². The number of cyclic esters (lactones) is 1. The lowest BCUT2D eigenvalue weighted by Crippen LogP contribution is -2.28. The maximum atomic E-state index is 12.3. The van der Waals surface area contributed by atoms with Crippen LogP contribution in [0.5, 0.6) is 11.5 Å². The summed E-state index contributed by atoms with van der Waals surface area (Å²) in [7, 11) is 1.51. The van der Waals surface area contributed by atoms with Crippen LogP contribution in [0.15, 0.2) is 53.2 Å². The fourth-order valence-corrected chi connectivity index (χ4v) is 3.09. The first-order valence-corrected chi connectivity index (χ1v) is 10.4. The van der Waals surface area contributed by atoms with Crippen molar-refractivity contribution in [3.05, 3.63) is 64.9 Å². The molecule has 2 aromatic carbocycles. The fourth-order valence-electron chi connectivity index (χ4n) is 3.09. The molecule has 7 heteroatoms. The maximum Gasteiger partial charge on any atom is 0.363 e. The number of rotatable bonds is 7. The topological polar surface area (TPSA) is 86.2 Å². The zero-order valence-corrected chi connectivity index (χ0v) is 19.0. The molecule has 2 aromatic rings. The third kappa shape index (κ3) is 5.55. The maximum absolute atomic E-state index is 12.3. The van der Waals surface area contributed by atoms with Gasteiger partial charge in [-0.3, -0.25) is 4.79 Å². The molecular formula is C25H28N2O5. The number of amides is 1. The minimum absolute atomic E-state index is 0.0342. The highest BCUT2D eigenvalue weighted by molar-refractivity contribution is 6.12. The Morgan fingerprint density at radius 3 is 2.47 bits per heavy atom. The number of aliphatic imine (C=N–C) groups is 1. The van der Waals surface area contributed by atoms with Gasteiger partial charge in [0, 0.05) is 12.1 Å². The molecule has 0 spiro atoms. The third-order valence-corrected chi connectivity index (χ3v) is 4.84. The van der Waals surface area contributed by atoms with E-state index in [0.29, 0.717) is 23.6 Å². The molecule has 7 nitrogen and oxygen atoms in total. The molecule has 3 rings (SSSR count). The zero-order chi connectivity index (χ0) is 23.3. The Balaban J connectivity index is 1.79. The van der Waals surface area contributed by atoms with Crippen LogP contribution >= 0.6 is 0 Å². The standard InChI is InChI=1S/C25H28N2O5/c1-6-26-22(28)15-31-20-12-7-16(14-21(20)30-5)13-19-24(29)32-23(27-19)17-8-10-18(11-9-17)25(2,3)4/h7-14H,6,15H2,1-5H3,(H,26,28)/b19-13-. The highest BCUT2D eigenvalue weighted by Crippen LogP contribution is 2.30. The Kier molecular flexibility index (Phi) is 6.98. The van der Waals surface area contributed by atoms with E-state index in [9.17, 15) is 9.59 Å². The number of benzene rings is 2. The number of carbonyl (C=O) groups is 2. The Labute approximate surface area is 188 Å². The van der Waals surface area contributed by atoms with Gasteiger partial charge in [-0.1, -0.05) is 39.0 Å². The monoisotopic (exact) mass is 436 g/mol. The van der Waals surface area contributed by atoms with E-state index >= 15 is 0 Å². The minimum atomic E-state index is -0.518. The van der Waals surface area contributed by atoms with Crippen LogP contribution in [0.1, 0.15) is 44.4 Å². The number of hydrogen-bond acceptors (Lipinski definition) is 6. The lowest BCUT2D eigenvalue weighted by atomic mass is 9.87. The first kappa shape index (κ1) is 23.1. The van der Waals surface area contributed by atoms with E-state index in [1.807, 2.05) is 31.2 Å². The van der Waals surface area contributed by atoms with Gasteiger partial charge in [-0.15, -0.1) is 0 Å². The van der Waals surface area contributed by atoms with E-state index in [2.05, 4.69) is 31.1 Å². The second-order valence-electron chi connectivity index (χ2n) is 8.32. The molecule has 0 atom stereocenters. The van der Waals surface area contributed by atoms with Gasteiger partial charge >= 0.3 is 5.97 Å². The van der Waals surface area contributed by atoms with Crippen molar-refractivity contribution in [3.8, 4) is 11.5 Å². The number of ether oxygens (including phenoxy) is 3. The molecule has 1 amide bonds. The van der Waals surface area contributed by atoms with Crippen molar-refractivity contribution >= 4 is 23.9 Å². The van der Waals surface area contributed by atoms with E-state index < -0.39 is 5.97 Å². The van der Waals surface area contributed by atoms with Gasteiger partial charge in [-0.2, -0.15) is 0 Å². The number of esters is 1. The van der Waals surface area contributed by atoms with Crippen LogP contribution in [0, 0.1) is 0 Å². The summed E-state index contributed by atoms with van der Waals surface area (Å²) in [6, 6.07) is 13.0. The number of nitrogens with zero attached hydrogens (tertiary/aromatic N) is 1. The summed E-state index contributed by atoms with van der Waals surface area (Å²) in [5, 5.41) is 2.67. The average molecular weight is 437 g/mol. The van der Waals surface area contributed by atoms with Crippen LogP contribution in [0.3, 0.4) is 0 Å². The summed E-state index contributed by atoms with van der Waals surface area (Å²) in [6.07, 6.45) is 1.62. The Bertz CT molecular complexity index is 1060. The quantitative estimate of drug-likeness (QED) is 0.526. The fraction of sp³-hybridized carbons (Fsp3) is 0.320. The molecule has 0 aromatic heterocycles. The predicted octanol–water partition coefficient (Wildman–Crippen LogP) is 3.85. The van der Waals surface area contributed by atoms with Crippen molar-refractivity contribution in [2.75, 3.05) is 20.3 Å². The van der Waals surface area contributed by atoms with Gasteiger partial charge in [-0.25, -0.2) is 9.79 Å². The summed E-state index contributed by atoms with van der Waals surface area (Å²) >= 11 is 0. The number of hydrogen-bond donors (Lipinski definition) is 1. The van der Waals surface area contributed by atoms with Crippen LogP contribution in [0.4, 0.5) is 0 Å². The van der Waals surface area contributed by atoms with Crippen LogP contribution < -0.4 is 14.8 Å². The summed E-state index contributed by atoms with van der Waals surface area (Å²) in [4.78, 5) is 28.3. The Morgan fingerprint density at radius 1 is 1.12 bits per heavy atom. The molecule has 168 valence electrons. The van der Waals surface area contributed by atoms with Crippen molar-refractivity contribution in [2.24, 2.45) is 4.99 Å². The van der Waals surface area contributed by atoms with Crippen molar-refractivity contribution in [1.82, 2.24) is 5.32 Å². The van der Waals surface area contributed by atoms with Crippen molar-refractivity contribution in [1.29, 1.82) is 0 Å². The summed E-state index contributed by atoms with van der Waals surface area (Å²) in [5.74, 6) is 0.410. The molecule has 0 saturated heterocycles. The van der Waals surface area contributed by atoms with Crippen LogP contribution in [-0.4, -0.2) is 38.0 Å². The molecule has 1 heterocycles. The molecule has 32 heavy (non-hydrogen) atoms. The highest BCUT2D eigenvalue weighted by Gasteiger charge is 2.25. The van der Waals surface area contributed by atoms with Crippen molar-refractivity contribution < 1.29 is 23.8 Å². The third-order valence-electron chi connectivity index (χ3n) is 4.84. The SMILES string of the molecule is CCNC(=O)COc1ccc(/C=C2\N=C(c3ccc(C(C)(C)C)cc3)OC2=O)cc1OC. The van der Waals surface area contributed by atoms with E-state index in [0.717, 1.165) is 5.56 Å². The number of likely N-dealkylation sites (N-methyl/N-ethyl adjacent to an activating group) is 1. The molecular weight excluding hydrogens is 408 g/mol. The molecule has 0 unspecified atom stereocenters. The average Bonchev–Trinajstić information content (AvgIpc) is 3.12. The van der Waals surface area contributed by atoms with Gasteiger partial charge in [0.25, 0.3) is 5.91 Å². The predicted molar refractivity (Wildman–Crippen MR) is 123 cm³/mol. The summed E-state index contributed by atoms with van der Waals surface area (Å²) in [6.45, 7) is 8.68. The van der Waals surface area contributed by atoms with Gasteiger partial charge in [0.2, 0.25) is 5.90 Å². The number of methoxy groups -OCH3 is 1. The number of carbonyl (C=O) groups excluding carboxylic acids is 2. The normalized spacial score (nSPS) is 14.7. The Hall–Kier alpha value is -3.61. The van der Waals surface area contributed by atoms with Gasteiger partial charge in [-0.05, 0) is 53.8 Å². The van der Waals surface area contributed by atoms with E-state index in [4.69, 9.17) is 14.2 Å². The lowest BCUT2D eigenvalue weighted by molar-refractivity contribution is -0.130. The van der Waals surface area contributed by atoms with E-state index in [-0.39, 0.29) is 29.5 Å². The van der Waals surface area contributed by atoms with Gasteiger partial charge in [0.1, 0.15) is 0 Å². The van der Waals surface area contributed by atoms with Crippen molar-refractivity contribution in [2.45, 2.75) is 33.1 Å². The van der Waals surface area contributed by atoms with Gasteiger partial charge in [0.05, 0.1) is 7.11 Å². The second-order valence-corrected chi connectivity index (χ2v) is 8.32. The molecule has 0 bridgehead atoms. The molecule has 1 N–H and O–H groups in total. The summed E-state index contributed by atoms with van der Waals surface area (Å²) in [5.41, 5.74) is 2.84. The van der Waals surface area contributed by atoms with Crippen LogP contribution in [0.25, 0.3) is 6.08 Å². The van der Waals surface area contributed by atoms with Crippen LogP contribution in [-0.2, 0) is 19.7 Å². The van der Waals surface area contributed by atoms with Crippen molar-refractivity contribution in [3.63, 3.8) is 0 Å². The first-order chi connectivity index (χ1) is 15.2. The Morgan fingerprint density at radius 2 is 1.84 bits per heavy atom. The minimum Gasteiger partial charge on any atom is -0.493 e. The smallest absolute Gasteiger partial charge is 0.363 e. The van der Waals surface area contributed by atoms with Crippen LogP contribution in [0.2, 0.25) is 0 Å². The summed E-state index contributed by atoms with van der Waals surface area (Å²) < 4.78 is 16.2. The lowest BCUT2D eigenvalue weighted by Gasteiger charge is -2.18. The molecule has 0 aliphatic carbocycles. The van der Waals surface area contributed by atoms with Gasteiger partial charge < -0.3 is 19.5 Å². The van der Waals surface area contributed by atoms with Gasteiger partial charge in [0.15, 0.2) is 23.8 Å². The van der Waals surface area contributed by atoms with E-state index in [1.54, 1.807) is 24.3 Å². The highest BCUT2D eigenvalue weighted by atomic mass is 16.6. The molecule has 0 fully saturated rings. The molecule has 0 radical (unpaired) electrons.